The van der Waals surface area contributed by atoms with Crippen molar-refractivity contribution < 1.29 is 4.79 Å². The van der Waals surface area contributed by atoms with Gasteiger partial charge in [0.15, 0.2) is 0 Å². The minimum atomic E-state index is -0.303. The monoisotopic (exact) mass is 260 g/mol. The van der Waals surface area contributed by atoms with Crippen molar-refractivity contribution in [1.82, 2.24) is 24.8 Å². The van der Waals surface area contributed by atoms with Crippen LogP contribution in [0.25, 0.3) is 5.82 Å². The molecule has 0 aliphatic heterocycles. The topological polar surface area (TPSA) is 84.7 Å². The van der Waals surface area contributed by atoms with E-state index < -0.39 is 0 Å². The Labute approximate surface area is 111 Å². The summed E-state index contributed by atoms with van der Waals surface area (Å²) in [7, 11) is 0. The van der Waals surface area contributed by atoms with E-state index in [-0.39, 0.29) is 11.6 Å². The standard InChI is InChI=1S/C12H16N6O/c1-12(2,3)17-11(19)16-9-6-10(15-7-14-9)18-5-4-13-8-18/h4-8H,1-3H3,(H2,14,15,16,17,19). The zero-order valence-electron chi connectivity index (χ0n) is 11.1. The van der Waals surface area contributed by atoms with Gasteiger partial charge >= 0.3 is 6.03 Å². The van der Waals surface area contributed by atoms with Gasteiger partial charge in [0.25, 0.3) is 0 Å². The minimum Gasteiger partial charge on any atom is -0.333 e. The highest BCUT2D eigenvalue weighted by molar-refractivity contribution is 5.88. The number of nitrogens with one attached hydrogen (secondary N) is 2. The summed E-state index contributed by atoms with van der Waals surface area (Å²) in [4.78, 5) is 23.8. The Kier molecular flexibility index (Phi) is 3.46. The lowest BCUT2D eigenvalue weighted by Crippen LogP contribution is -2.43. The molecule has 2 heterocycles. The fraction of sp³-hybridized carbons (Fsp3) is 0.333. The Balaban J connectivity index is 2.10. The first kappa shape index (κ1) is 13.0. The van der Waals surface area contributed by atoms with Crippen LogP contribution in [0.5, 0.6) is 0 Å². The van der Waals surface area contributed by atoms with E-state index in [1.807, 2.05) is 20.8 Å². The molecule has 0 aliphatic carbocycles. The summed E-state index contributed by atoms with van der Waals surface area (Å²) in [5.74, 6) is 1.07. The molecule has 19 heavy (non-hydrogen) atoms. The van der Waals surface area contributed by atoms with Crippen molar-refractivity contribution >= 4 is 11.8 Å². The van der Waals surface area contributed by atoms with Crippen LogP contribution >= 0.6 is 0 Å². The molecule has 2 rings (SSSR count). The Morgan fingerprint density at radius 1 is 1.32 bits per heavy atom. The van der Waals surface area contributed by atoms with E-state index in [0.717, 1.165) is 0 Å². The van der Waals surface area contributed by atoms with Crippen LogP contribution < -0.4 is 10.6 Å². The van der Waals surface area contributed by atoms with Crippen LogP contribution in [0.1, 0.15) is 20.8 Å². The number of hydrogen-bond donors (Lipinski definition) is 2. The van der Waals surface area contributed by atoms with E-state index >= 15 is 0 Å². The lowest BCUT2D eigenvalue weighted by Gasteiger charge is -2.20. The van der Waals surface area contributed by atoms with Gasteiger partial charge in [-0.25, -0.2) is 19.7 Å². The molecule has 0 spiro atoms. The third-order valence-corrected chi connectivity index (χ3v) is 2.15. The van der Waals surface area contributed by atoms with Gasteiger partial charge in [-0.2, -0.15) is 0 Å². The number of urea groups is 1. The van der Waals surface area contributed by atoms with Crippen molar-refractivity contribution in [1.29, 1.82) is 0 Å². The van der Waals surface area contributed by atoms with Crippen LogP contribution in [0.3, 0.4) is 0 Å². The Bertz CT molecular complexity index is 558. The molecule has 0 unspecified atom stereocenters. The highest BCUT2D eigenvalue weighted by Crippen LogP contribution is 2.08. The molecule has 0 saturated heterocycles. The predicted molar refractivity (Wildman–Crippen MR) is 71.1 cm³/mol. The summed E-state index contributed by atoms with van der Waals surface area (Å²) in [6, 6.07) is 1.37. The largest absolute Gasteiger partial charge is 0.333 e. The highest BCUT2D eigenvalue weighted by Gasteiger charge is 2.14. The van der Waals surface area contributed by atoms with E-state index in [4.69, 9.17) is 0 Å². The third-order valence-electron chi connectivity index (χ3n) is 2.15. The van der Waals surface area contributed by atoms with Gasteiger partial charge in [-0.05, 0) is 20.8 Å². The molecule has 2 N–H and O–H groups in total. The van der Waals surface area contributed by atoms with Gasteiger partial charge in [0.1, 0.15) is 24.3 Å². The second-order valence-corrected chi connectivity index (χ2v) is 5.06. The summed E-state index contributed by atoms with van der Waals surface area (Å²) >= 11 is 0. The van der Waals surface area contributed by atoms with E-state index in [1.165, 1.54) is 6.33 Å². The van der Waals surface area contributed by atoms with Gasteiger partial charge < -0.3 is 5.32 Å². The molecule has 7 heteroatoms. The molecule has 100 valence electrons. The van der Waals surface area contributed by atoms with Gasteiger partial charge in [0, 0.05) is 24.0 Å². The average molecular weight is 260 g/mol. The van der Waals surface area contributed by atoms with Crippen molar-refractivity contribution in [2.75, 3.05) is 5.32 Å². The number of imidazole rings is 1. The van der Waals surface area contributed by atoms with E-state index in [9.17, 15) is 4.79 Å². The van der Waals surface area contributed by atoms with Gasteiger partial charge in [-0.1, -0.05) is 0 Å². The molecule has 0 fully saturated rings. The summed E-state index contributed by atoms with van der Waals surface area (Å²) in [5.41, 5.74) is -0.301. The fourth-order valence-electron chi connectivity index (χ4n) is 1.44. The van der Waals surface area contributed by atoms with Crippen molar-refractivity contribution in [3.05, 3.63) is 31.1 Å². The molecule has 0 saturated carbocycles. The minimum absolute atomic E-state index is 0.301. The summed E-state index contributed by atoms with van der Waals surface area (Å²) in [5, 5.41) is 5.46. The Morgan fingerprint density at radius 2 is 2.11 bits per heavy atom. The molecule has 0 aromatic carbocycles. The smallest absolute Gasteiger partial charge is 0.320 e. The highest BCUT2D eigenvalue weighted by atomic mass is 16.2. The molecule has 2 aromatic heterocycles. The first-order valence-electron chi connectivity index (χ1n) is 5.83. The van der Waals surface area contributed by atoms with Crippen molar-refractivity contribution in [3.8, 4) is 5.82 Å². The molecule has 0 aliphatic rings. The van der Waals surface area contributed by atoms with Crippen LogP contribution in [0.15, 0.2) is 31.1 Å². The zero-order valence-corrected chi connectivity index (χ0v) is 11.1. The molecule has 7 nitrogen and oxygen atoms in total. The maximum atomic E-state index is 11.7. The summed E-state index contributed by atoms with van der Waals surface area (Å²) < 4.78 is 1.73. The summed E-state index contributed by atoms with van der Waals surface area (Å²) in [6.07, 6.45) is 6.44. The molecule has 0 bridgehead atoms. The molecule has 0 atom stereocenters. The first-order chi connectivity index (χ1) is 8.94. The number of carbonyl (C=O) groups excluding carboxylic acids is 1. The number of anilines is 1. The van der Waals surface area contributed by atoms with Crippen LogP contribution in [0.2, 0.25) is 0 Å². The lowest BCUT2D eigenvalue weighted by atomic mass is 10.1. The number of carbonyl (C=O) groups is 1. The molecular formula is C12H16N6O. The maximum Gasteiger partial charge on any atom is 0.320 e. The second-order valence-electron chi connectivity index (χ2n) is 5.06. The van der Waals surface area contributed by atoms with Crippen LogP contribution in [0, 0.1) is 0 Å². The SMILES string of the molecule is CC(C)(C)NC(=O)Nc1cc(-n2ccnc2)ncn1. The third kappa shape index (κ3) is 3.77. The number of hydrogen-bond acceptors (Lipinski definition) is 4. The molecule has 2 amide bonds. The van der Waals surface area contributed by atoms with E-state index in [2.05, 4.69) is 25.6 Å². The predicted octanol–water partition coefficient (Wildman–Crippen LogP) is 1.58. The van der Waals surface area contributed by atoms with Gasteiger partial charge in [-0.15, -0.1) is 0 Å². The normalized spacial score (nSPS) is 11.1. The zero-order chi connectivity index (χ0) is 13.9. The average Bonchev–Trinajstić information content (AvgIpc) is 2.79. The van der Waals surface area contributed by atoms with Crippen molar-refractivity contribution in [2.24, 2.45) is 0 Å². The Hall–Kier alpha value is -2.44. The lowest BCUT2D eigenvalue weighted by molar-refractivity contribution is 0.243. The van der Waals surface area contributed by atoms with Crippen LogP contribution in [0.4, 0.5) is 10.6 Å². The maximum absolute atomic E-state index is 11.7. The Morgan fingerprint density at radius 3 is 2.74 bits per heavy atom. The van der Waals surface area contributed by atoms with Crippen LogP contribution in [-0.2, 0) is 0 Å². The van der Waals surface area contributed by atoms with Gasteiger partial charge in [0.2, 0.25) is 0 Å². The number of amides is 2. The fourth-order valence-corrected chi connectivity index (χ4v) is 1.44. The van der Waals surface area contributed by atoms with Crippen molar-refractivity contribution in [3.63, 3.8) is 0 Å². The van der Waals surface area contributed by atoms with Crippen LogP contribution in [-0.4, -0.2) is 31.1 Å². The van der Waals surface area contributed by atoms with Gasteiger partial charge in [-0.3, -0.25) is 9.88 Å². The quantitative estimate of drug-likeness (QED) is 0.858. The van der Waals surface area contributed by atoms with E-state index in [0.29, 0.717) is 11.6 Å². The first-order valence-corrected chi connectivity index (χ1v) is 5.83. The van der Waals surface area contributed by atoms with Crippen molar-refractivity contribution in [2.45, 2.75) is 26.3 Å². The molecular weight excluding hydrogens is 244 g/mol. The number of nitrogens with zero attached hydrogens (tertiary/aromatic N) is 4. The molecule has 0 radical (unpaired) electrons. The molecule has 2 aromatic rings. The van der Waals surface area contributed by atoms with E-state index in [1.54, 1.807) is 29.4 Å². The number of aromatic nitrogens is 4. The summed E-state index contributed by atoms with van der Waals surface area (Å²) in [6.45, 7) is 5.72. The van der Waals surface area contributed by atoms with Gasteiger partial charge in [0.05, 0.1) is 0 Å². The second kappa shape index (κ2) is 5.05. The number of rotatable bonds is 2.